The Kier molecular flexibility index (Phi) is 8.95. The topological polar surface area (TPSA) is 170 Å². The molecular formula is C29H21Cl2F4N8O6S+. The van der Waals surface area contributed by atoms with Crippen LogP contribution in [0.15, 0.2) is 78.5 Å². The lowest BCUT2D eigenvalue weighted by molar-refractivity contribution is -0.869. The van der Waals surface area contributed by atoms with Gasteiger partial charge in [-0.2, -0.15) is 17.6 Å². The van der Waals surface area contributed by atoms with E-state index in [-0.39, 0.29) is 59.2 Å². The van der Waals surface area contributed by atoms with Gasteiger partial charge < -0.3 is 18.7 Å². The van der Waals surface area contributed by atoms with Crippen molar-refractivity contribution in [3.05, 3.63) is 93.9 Å². The first-order valence-electron chi connectivity index (χ1n) is 14.5. The van der Waals surface area contributed by atoms with Crippen molar-refractivity contribution in [1.29, 1.82) is 0 Å². The minimum Gasteiger partial charge on any atom is -0.413 e. The molecule has 1 aliphatic rings. The number of halogens is 6. The third kappa shape index (κ3) is 6.88. The van der Waals surface area contributed by atoms with Crippen molar-refractivity contribution in [1.82, 2.24) is 25.6 Å². The van der Waals surface area contributed by atoms with Gasteiger partial charge in [-0.3, -0.25) is 4.31 Å². The molecule has 0 bridgehead atoms. The highest BCUT2D eigenvalue weighted by Crippen LogP contribution is 2.43. The normalized spacial score (nSPS) is 16.0. The highest BCUT2D eigenvalue weighted by Gasteiger charge is 2.60. The van der Waals surface area contributed by atoms with Gasteiger partial charge in [-0.25, -0.2) is 12.9 Å². The molecule has 6 aromatic rings. The summed E-state index contributed by atoms with van der Waals surface area (Å²) in [5.74, 6) is -2.54. The first-order valence-corrected chi connectivity index (χ1v) is 16.7. The van der Waals surface area contributed by atoms with E-state index in [4.69, 9.17) is 41.1 Å². The zero-order chi connectivity index (χ0) is 35.2. The fourth-order valence-corrected chi connectivity index (χ4v) is 7.40. The van der Waals surface area contributed by atoms with Crippen molar-refractivity contribution in [2.24, 2.45) is 0 Å². The minimum absolute atomic E-state index is 0.0168. The SMILES string of the molecule is O=S(=O)(C1CC1[n+]1oc(-c2nnc(C(F)F)o2)cc1CNc1cccc(Cl)c1)N(Cc1cc(-c2nnc(C(F)F)o2)no1)c1cccc(Cl)c1. The number of hydrogen-bond acceptors (Lipinski definition) is 12. The summed E-state index contributed by atoms with van der Waals surface area (Å²) in [6, 6.07) is 15.0. The summed E-state index contributed by atoms with van der Waals surface area (Å²) in [7, 11) is -4.24. The maximum atomic E-state index is 14.3. The second-order valence-electron chi connectivity index (χ2n) is 10.8. The van der Waals surface area contributed by atoms with Crippen molar-refractivity contribution in [3.63, 3.8) is 0 Å². The summed E-state index contributed by atoms with van der Waals surface area (Å²) in [5, 5.41) is 20.4. The quantitative estimate of drug-likeness (QED) is 0.0968. The number of aromatic nitrogens is 6. The molecular weight excluding hydrogens is 735 g/mol. The Labute approximate surface area is 288 Å². The number of nitrogens with zero attached hydrogens (tertiary/aromatic N) is 7. The van der Waals surface area contributed by atoms with Crippen LogP contribution in [0.25, 0.3) is 23.2 Å². The summed E-state index contributed by atoms with van der Waals surface area (Å²) in [4.78, 5) is 0. The molecule has 1 fully saturated rings. The number of sulfonamides is 1. The Morgan fingerprint density at radius 2 is 1.58 bits per heavy atom. The van der Waals surface area contributed by atoms with E-state index in [1.54, 1.807) is 36.4 Å². The molecule has 50 heavy (non-hydrogen) atoms. The van der Waals surface area contributed by atoms with Crippen LogP contribution in [-0.4, -0.2) is 39.2 Å². The van der Waals surface area contributed by atoms with Crippen molar-refractivity contribution in [2.75, 3.05) is 9.62 Å². The van der Waals surface area contributed by atoms with E-state index >= 15 is 0 Å². The molecule has 21 heteroatoms. The summed E-state index contributed by atoms with van der Waals surface area (Å²) >= 11 is 12.3. The first kappa shape index (κ1) is 33.5. The van der Waals surface area contributed by atoms with Gasteiger partial charge in [0, 0.05) is 28.2 Å². The van der Waals surface area contributed by atoms with Crippen LogP contribution in [0.3, 0.4) is 0 Å². The van der Waals surface area contributed by atoms with Crippen LogP contribution in [0.2, 0.25) is 10.0 Å². The van der Waals surface area contributed by atoms with Crippen molar-refractivity contribution in [2.45, 2.75) is 43.7 Å². The van der Waals surface area contributed by atoms with Gasteiger partial charge in [-0.1, -0.05) is 40.5 Å². The molecule has 2 atom stereocenters. The number of benzene rings is 2. The Bertz CT molecular complexity index is 2260. The van der Waals surface area contributed by atoms with Gasteiger partial charge in [0.1, 0.15) is 6.54 Å². The predicted molar refractivity (Wildman–Crippen MR) is 165 cm³/mol. The summed E-state index contributed by atoms with van der Waals surface area (Å²) in [6.45, 7) is -0.283. The highest BCUT2D eigenvalue weighted by molar-refractivity contribution is 7.93. The largest absolute Gasteiger partial charge is 0.413 e. The van der Waals surface area contributed by atoms with Crippen LogP contribution >= 0.6 is 23.2 Å². The molecule has 0 radical (unpaired) electrons. The Morgan fingerprint density at radius 3 is 2.26 bits per heavy atom. The van der Waals surface area contributed by atoms with Crippen LogP contribution in [0.4, 0.5) is 28.9 Å². The molecule has 0 amide bonds. The molecule has 0 spiro atoms. The molecule has 1 N–H and O–H groups in total. The third-order valence-corrected chi connectivity index (χ3v) is 10.1. The number of anilines is 2. The average molecular weight is 757 g/mol. The number of rotatable bonds is 13. The van der Waals surface area contributed by atoms with Gasteiger partial charge in [0.2, 0.25) is 16.1 Å². The predicted octanol–water partition coefficient (Wildman–Crippen LogP) is 6.80. The number of nitrogens with one attached hydrogen (secondary N) is 1. The van der Waals surface area contributed by atoms with Gasteiger partial charge in [0.25, 0.3) is 35.0 Å². The Balaban J connectivity index is 1.19. The van der Waals surface area contributed by atoms with Crippen molar-refractivity contribution < 1.29 is 48.6 Å². The fraction of sp³-hybridized carbons (Fsp3) is 0.241. The highest BCUT2D eigenvalue weighted by atomic mass is 35.5. The third-order valence-electron chi connectivity index (χ3n) is 7.41. The van der Waals surface area contributed by atoms with Crippen LogP contribution in [-0.2, 0) is 23.1 Å². The zero-order valence-electron chi connectivity index (χ0n) is 25.0. The Morgan fingerprint density at radius 1 is 0.900 bits per heavy atom. The van der Waals surface area contributed by atoms with E-state index in [1.165, 1.54) is 29.0 Å². The van der Waals surface area contributed by atoms with E-state index in [2.05, 4.69) is 30.9 Å². The van der Waals surface area contributed by atoms with Gasteiger partial charge >= 0.3 is 12.9 Å². The van der Waals surface area contributed by atoms with Gasteiger partial charge in [0.15, 0.2) is 16.7 Å². The van der Waals surface area contributed by atoms with Crippen molar-refractivity contribution >= 4 is 44.6 Å². The molecule has 1 saturated carbocycles. The smallest absolute Gasteiger partial charge is 0.314 e. The van der Waals surface area contributed by atoms with E-state index < -0.39 is 45.9 Å². The van der Waals surface area contributed by atoms with Crippen LogP contribution in [0, 0.1) is 0 Å². The lowest BCUT2D eigenvalue weighted by Crippen LogP contribution is -2.41. The molecule has 4 heterocycles. The van der Waals surface area contributed by atoms with E-state index in [0.29, 0.717) is 16.4 Å². The second kappa shape index (κ2) is 13.4. The van der Waals surface area contributed by atoms with Gasteiger partial charge in [0.05, 0.1) is 18.3 Å². The van der Waals surface area contributed by atoms with Crippen LogP contribution in [0.5, 0.6) is 0 Å². The first-order chi connectivity index (χ1) is 24.0. The second-order valence-corrected chi connectivity index (χ2v) is 13.8. The molecule has 260 valence electrons. The van der Waals surface area contributed by atoms with E-state index in [0.717, 1.165) is 4.31 Å². The lowest BCUT2D eigenvalue weighted by Gasteiger charge is -2.23. The summed E-state index contributed by atoms with van der Waals surface area (Å²) < 4.78 is 105. The zero-order valence-corrected chi connectivity index (χ0v) is 27.3. The number of alkyl halides is 4. The summed E-state index contributed by atoms with van der Waals surface area (Å²) in [6.07, 6.45) is -5.93. The lowest BCUT2D eigenvalue weighted by atomic mass is 10.3. The molecule has 2 unspecified atom stereocenters. The fourth-order valence-electron chi connectivity index (χ4n) is 5.03. The van der Waals surface area contributed by atoms with E-state index in [9.17, 15) is 26.0 Å². The molecule has 14 nitrogen and oxygen atoms in total. The van der Waals surface area contributed by atoms with Crippen molar-refractivity contribution in [3.8, 4) is 23.2 Å². The van der Waals surface area contributed by atoms with Gasteiger partial charge in [-0.05, 0) is 41.1 Å². The maximum absolute atomic E-state index is 14.3. The minimum atomic E-state index is -4.24. The maximum Gasteiger partial charge on any atom is 0.314 e. The molecule has 4 aromatic heterocycles. The molecule has 0 saturated heterocycles. The van der Waals surface area contributed by atoms with Crippen LogP contribution in [0.1, 0.15) is 48.5 Å². The average Bonchev–Trinajstić information content (AvgIpc) is 3.57. The van der Waals surface area contributed by atoms with Gasteiger partial charge in [-0.15, -0.1) is 20.4 Å². The standard InChI is InChI=1S/C29H21Cl2F4N8O6S/c30-14-3-1-5-16(7-14)36-12-18-9-22(27-38-40-29(47-27)25(34)35)49-43(18)21-11-23(21)50(44,45)42(17-6-2-4-15(31)8-17)13-19-10-20(41-48-19)26-37-39-28(46-26)24(32)33/h1-10,21,23-25,36H,11-13H2/q+1. The Hall–Kier alpha value is -5.01. The molecule has 0 aliphatic heterocycles. The summed E-state index contributed by atoms with van der Waals surface area (Å²) in [5.41, 5.74) is 1.18. The monoisotopic (exact) mass is 755 g/mol. The number of hydrogen-bond donors (Lipinski definition) is 1. The van der Waals surface area contributed by atoms with E-state index in [1.807, 2.05) is 0 Å². The molecule has 2 aromatic carbocycles. The molecule has 1 aliphatic carbocycles. The molecule has 7 rings (SSSR count). The van der Waals surface area contributed by atoms with Crippen LogP contribution < -0.4 is 14.4 Å².